The highest BCUT2D eigenvalue weighted by Crippen LogP contribution is 2.15. The Morgan fingerprint density at radius 1 is 1.08 bits per heavy atom. The quantitative estimate of drug-likeness (QED) is 0.835. The summed E-state index contributed by atoms with van der Waals surface area (Å²) in [7, 11) is 0. The molecule has 0 unspecified atom stereocenters. The van der Waals surface area contributed by atoms with Crippen LogP contribution in [0.3, 0.4) is 0 Å². The lowest BCUT2D eigenvalue weighted by molar-refractivity contribution is 0.0622. The summed E-state index contributed by atoms with van der Waals surface area (Å²) in [5.74, 6) is 0.870. The summed E-state index contributed by atoms with van der Waals surface area (Å²) in [5.41, 5.74) is 2.50. The summed E-state index contributed by atoms with van der Waals surface area (Å²) in [5, 5.41) is 0. The van der Waals surface area contributed by atoms with Crippen LogP contribution in [0, 0.1) is 6.92 Å². The lowest BCUT2D eigenvalue weighted by atomic mass is 10.2. The van der Waals surface area contributed by atoms with Gasteiger partial charge in [0.05, 0.1) is 18.5 Å². The Kier molecular flexibility index (Phi) is 5.60. The maximum Gasteiger partial charge on any atom is 0.274 e. The molecule has 0 saturated carbocycles. The van der Waals surface area contributed by atoms with E-state index in [1.807, 2.05) is 30.9 Å². The van der Waals surface area contributed by atoms with Gasteiger partial charge in [-0.15, -0.1) is 0 Å². The number of aryl methyl sites for hydroxylation is 1. The third-order valence-electron chi connectivity index (χ3n) is 4.30. The number of benzene rings is 1. The van der Waals surface area contributed by atoms with Crippen LogP contribution in [0.1, 0.15) is 28.7 Å². The smallest absolute Gasteiger partial charge is 0.274 e. The fourth-order valence-corrected chi connectivity index (χ4v) is 2.89. The topological polar surface area (TPSA) is 58.6 Å². The number of carbonyl (C=O) groups excluding carboxylic acids is 1. The maximum atomic E-state index is 12.5. The molecule has 0 atom stereocenters. The van der Waals surface area contributed by atoms with Crippen LogP contribution in [0.2, 0.25) is 0 Å². The predicted molar refractivity (Wildman–Crippen MR) is 95.6 cm³/mol. The summed E-state index contributed by atoms with van der Waals surface area (Å²) >= 11 is 0. The van der Waals surface area contributed by atoms with Crippen LogP contribution in [-0.4, -0.2) is 58.5 Å². The molecule has 1 amide bonds. The van der Waals surface area contributed by atoms with Crippen molar-refractivity contribution in [3.05, 3.63) is 53.6 Å². The Hall–Kier alpha value is -2.47. The molecule has 1 aliphatic rings. The number of rotatable bonds is 5. The number of piperazine rings is 1. The van der Waals surface area contributed by atoms with E-state index in [0.29, 0.717) is 25.4 Å². The van der Waals surface area contributed by atoms with Crippen molar-refractivity contribution in [3.63, 3.8) is 0 Å². The molecule has 1 aromatic carbocycles. The first-order valence-corrected chi connectivity index (χ1v) is 8.67. The molecular formula is C19H24N4O2. The third-order valence-corrected chi connectivity index (χ3v) is 4.30. The van der Waals surface area contributed by atoms with Crippen LogP contribution >= 0.6 is 0 Å². The van der Waals surface area contributed by atoms with Crippen LogP contribution in [0.25, 0.3) is 0 Å². The maximum absolute atomic E-state index is 12.5. The van der Waals surface area contributed by atoms with E-state index < -0.39 is 0 Å². The molecule has 1 fully saturated rings. The van der Waals surface area contributed by atoms with E-state index in [-0.39, 0.29) is 5.91 Å². The molecule has 0 radical (unpaired) electrons. The average molecular weight is 340 g/mol. The molecule has 0 aliphatic carbocycles. The van der Waals surface area contributed by atoms with E-state index >= 15 is 0 Å². The minimum atomic E-state index is -0.0341. The Bertz CT molecular complexity index is 692. The minimum Gasteiger partial charge on any atom is -0.494 e. The van der Waals surface area contributed by atoms with Crippen molar-refractivity contribution in [3.8, 4) is 5.75 Å². The van der Waals surface area contributed by atoms with Gasteiger partial charge in [0.15, 0.2) is 0 Å². The Balaban J connectivity index is 1.51. The summed E-state index contributed by atoms with van der Waals surface area (Å²) in [6.07, 6.45) is 3.19. The molecule has 25 heavy (non-hydrogen) atoms. The van der Waals surface area contributed by atoms with E-state index in [9.17, 15) is 4.79 Å². The van der Waals surface area contributed by atoms with Crippen LogP contribution in [0.15, 0.2) is 36.7 Å². The largest absolute Gasteiger partial charge is 0.494 e. The highest BCUT2D eigenvalue weighted by Gasteiger charge is 2.23. The summed E-state index contributed by atoms with van der Waals surface area (Å²) in [6.45, 7) is 8.56. The van der Waals surface area contributed by atoms with Gasteiger partial charge >= 0.3 is 0 Å². The number of ether oxygens (including phenoxy) is 1. The highest BCUT2D eigenvalue weighted by atomic mass is 16.5. The first kappa shape index (κ1) is 17.4. The monoisotopic (exact) mass is 340 g/mol. The summed E-state index contributed by atoms with van der Waals surface area (Å²) < 4.78 is 5.47. The van der Waals surface area contributed by atoms with Crippen LogP contribution in [0.5, 0.6) is 5.75 Å². The van der Waals surface area contributed by atoms with E-state index in [1.165, 1.54) is 5.56 Å². The van der Waals surface area contributed by atoms with Gasteiger partial charge in [-0.1, -0.05) is 12.1 Å². The van der Waals surface area contributed by atoms with Gasteiger partial charge in [-0.3, -0.25) is 14.7 Å². The molecule has 0 bridgehead atoms. The Labute approximate surface area is 148 Å². The highest BCUT2D eigenvalue weighted by molar-refractivity contribution is 5.92. The van der Waals surface area contributed by atoms with Crippen LogP contribution < -0.4 is 4.74 Å². The SMILES string of the molecule is CCOc1ccc(CN2CCN(C(=O)c3cnc(C)cn3)CC2)cc1. The third kappa shape index (κ3) is 4.54. The Morgan fingerprint density at radius 2 is 1.80 bits per heavy atom. The van der Waals surface area contributed by atoms with Crippen molar-refractivity contribution in [1.29, 1.82) is 0 Å². The van der Waals surface area contributed by atoms with Gasteiger partial charge in [-0.2, -0.15) is 0 Å². The zero-order valence-electron chi connectivity index (χ0n) is 14.8. The lowest BCUT2D eigenvalue weighted by Crippen LogP contribution is -2.48. The summed E-state index contributed by atoms with van der Waals surface area (Å²) in [4.78, 5) is 25.0. The molecule has 1 aliphatic heterocycles. The minimum absolute atomic E-state index is 0.0341. The van der Waals surface area contributed by atoms with Crippen LogP contribution in [-0.2, 0) is 6.54 Å². The number of nitrogens with zero attached hydrogens (tertiary/aromatic N) is 4. The predicted octanol–water partition coefficient (Wildman–Crippen LogP) is 2.14. The molecule has 2 aromatic rings. The first-order chi connectivity index (χ1) is 12.2. The normalized spacial score (nSPS) is 15.2. The van der Waals surface area contributed by atoms with Crippen molar-refractivity contribution in [1.82, 2.24) is 19.8 Å². The average Bonchev–Trinajstić information content (AvgIpc) is 2.64. The molecule has 0 N–H and O–H groups in total. The van der Waals surface area contributed by atoms with Gasteiger partial charge in [0.2, 0.25) is 0 Å². The van der Waals surface area contributed by atoms with Gasteiger partial charge in [0, 0.05) is 38.9 Å². The van der Waals surface area contributed by atoms with Crippen molar-refractivity contribution in [2.45, 2.75) is 20.4 Å². The number of hydrogen-bond donors (Lipinski definition) is 0. The second-order valence-electron chi connectivity index (χ2n) is 6.19. The van der Waals surface area contributed by atoms with Gasteiger partial charge in [0.1, 0.15) is 11.4 Å². The molecule has 6 nitrogen and oxygen atoms in total. The van der Waals surface area contributed by atoms with Crippen molar-refractivity contribution in [2.75, 3.05) is 32.8 Å². The second-order valence-corrected chi connectivity index (χ2v) is 6.19. The van der Waals surface area contributed by atoms with E-state index in [1.54, 1.807) is 12.4 Å². The van der Waals surface area contributed by atoms with E-state index in [0.717, 1.165) is 31.1 Å². The van der Waals surface area contributed by atoms with Gasteiger partial charge in [0.25, 0.3) is 5.91 Å². The number of amides is 1. The molecule has 0 spiro atoms. The molecule has 1 saturated heterocycles. The van der Waals surface area contributed by atoms with Gasteiger partial charge in [-0.05, 0) is 31.5 Å². The number of carbonyl (C=O) groups is 1. The fourth-order valence-electron chi connectivity index (χ4n) is 2.89. The lowest BCUT2D eigenvalue weighted by Gasteiger charge is -2.34. The molecule has 2 heterocycles. The molecule has 6 heteroatoms. The Morgan fingerprint density at radius 3 is 2.40 bits per heavy atom. The fraction of sp³-hybridized carbons (Fsp3) is 0.421. The second kappa shape index (κ2) is 8.07. The number of hydrogen-bond acceptors (Lipinski definition) is 5. The van der Waals surface area contributed by atoms with Crippen molar-refractivity contribution < 1.29 is 9.53 Å². The number of aromatic nitrogens is 2. The van der Waals surface area contributed by atoms with Crippen molar-refractivity contribution >= 4 is 5.91 Å². The molecule has 132 valence electrons. The van der Waals surface area contributed by atoms with Crippen LogP contribution in [0.4, 0.5) is 0 Å². The van der Waals surface area contributed by atoms with Gasteiger partial charge < -0.3 is 9.64 Å². The molecular weight excluding hydrogens is 316 g/mol. The standard InChI is InChI=1S/C19H24N4O2/c1-3-25-17-6-4-16(5-7-17)14-22-8-10-23(11-9-22)19(24)18-13-20-15(2)12-21-18/h4-7,12-13H,3,8-11,14H2,1-2H3. The molecule has 3 rings (SSSR count). The van der Waals surface area contributed by atoms with E-state index in [2.05, 4.69) is 27.0 Å². The first-order valence-electron chi connectivity index (χ1n) is 8.67. The zero-order chi connectivity index (χ0) is 17.6. The summed E-state index contributed by atoms with van der Waals surface area (Å²) in [6, 6.07) is 8.22. The van der Waals surface area contributed by atoms with Crippen molar-refractivity contribution in [2.24, 2.45) is 0 Å². The zero-order valence-corrected chi connectivity index (χ0v) is 14.8. The van der Waals surface area contributed by atoms with E-state index in [4.69, 9.17) is 4.74 Å². The van der Waals surface area contributed by atoms with Gasteiger partial charge in [-0.25, -0.2) is 4.98 Å². The molecule has 1 aromatic heterocycles.